The summed E-state index contributed by atoms with van der Waals surface area (Å²) >= 11 is 7.61. The Labute approximate surface area is 189 Å². The summed E-state index contributed by atoms with van der Waals surface area (Å²) in [5.41, 5.74) is 0.752. The monoisotopic (exact) mass is 458 g/mol. The van der Waals surface area contributed by atoms with Crippen molar-refractivity contribution in [1.82, 2.24) is 4.98 Å². The van der Waals surface area contributed by atoms with E-state index in [0.29, 0.717) is 22.9 Å². The van der Waals surface area contributed by atoms with Gasteiger partial charge in [0.15, 0.2) is 6.61 Å². The number of aromatic nitrogens is 1. The summed E-state index contributed by atoms with van der Waals surface area (Å²) in [7, 11) is 1.50. The second-order valence-corrected chi connectivity index (χ2v) is 9.26. The van der Waals surface area contributed by atoms with E-state index in [1.807, 2.05) is 24.3 Å². The molecule has 0 aliphatic heterocycles. The molecule has 0 atom stereocenters. The van der Waals surface area contributed by atoms with E-state index in [1.54, 1.807) is 29.5 Å². The van der Waals surface area contributed by atoms with Gasteiger partial charge in [0.2, 0.25) is 0 Å². The number of amides is 1. The molecule has 1 amide bonds. The van der Waals surface area contributed by atoms with Crippen LogP contribution in [0.3, 0.4) is 0 Å². The first-order chi connectivity index (χ1) is 15.0. The van der Waals surface area contributed by atoms with E-state index >= 15 is 0 Å². The molecule has 1 saturated carbocycles. The van der Waals surface area contributed by atoms with Gasteiger partial charge in [0.25, 0.3) is 5.91 Å². The molecule has 1 fully saturated rings. The Morgan fingerprint density at radius 1 is 1.19 bits per heavy atom. The van der Waals surface area contributed by atoms with Crippen molar-refractivity contribution in [2.75, 3.05) is 19.0 Å². The number of ether oxygens (including phenoxy) is 2. The molecule has 6 nitrogen and oxygen atoms in total. The van der Waals surface area contributed by atoms with Gasteiger partial charge >= 0.3 is 5.97 Å². The lowest BCUT2D eigenvalue weighted by Gasteiger charge is -2.25. The van der Waals surface area contributed by atoms with Crippen LogP contribution in [0.15, 0.2) is 42.5 Å². The standard InChI is InChI=1S/C23H23ClN2O4S/c1-29-18-9-8-15(24)12-17(18)25-20(27)14-30-22(28)23(10-4-5-11-23)13-21-26-16-6-2-3-7-19(16)31-21/h2-3,6-9,12H,4-5,10-11,13-14H2,1H3,(H,25,27). The van der Waals surface area contributed by atoms with Crippen LogP contribution in [0.4, 0.5) is 5.69 Å². The van der Waals surface area contributed by atoms with Gasteiger partial charge in [-0.25, -0.2) is 4.98 Å². The number of rotatable bonds is 7. The molecule has 1 aliphatic rings. The lowest BCUT2D eigenvalue weighted by atomic mass is 9.83. The molecule has 2 aromatic carbocycles. The third kappa shape index (κ3) is 4.83. The second-order valence-electron chi connectivity index (χ2n) is 7.71. The maximum Gasteiger partial charge on any atom is 0.313 e. The summed E-state index contributed by atoms with van der Waals surface area (Å²) in [6.45, 7) is -0.365. The number of hydrogen-bond acceptors (Lipinski definition) is 6. The van der Waals surface area contributed by atoms with Crippen molar-refractivity contribution in [3.05, 3.63) is 52.5 Å². The van der Waals surface area contributed by atoms with Gasteiger partial charge < -0.3 is 14.8 Å². The normalized spacial score (nSPS) is 15.0. The van der Waals surface area contributed by atoms with Crippen molar-refractivity contribution in [3.63, 3.8) is 0 Å². The summed E-state index contributed by atoms with van der Waals surface area (Å²) in [6, 6.07) is 12.9. The highest BCUT2D eigenvalue weighted by Gasteiger charge is 2.43. The van der Waals surface area contributed by atoms with Gasteiger partial charge in [-0.15, -0.1) is 11.3 Å². The largest absolute Gasteiger partial charge is 0.495 e. The zero-order valence-corrected chi connectivity index (χ0v) is 18.7. The topological polar surface area (TPSA) is 77.5 Å². The van der Waals surface area contributed by atoms with Crippen molar-refractivity contribution >= 4 is 50.7 Å². The van der Waals surface area contributed by atoms with Gasteiger partial charge in [-0.1, -0.05) is 36.6 Å². The van der Waals surface area contributed by atoms with Crippen LogP contribution in [0.5, 0.6) is 5.75 Å². The van der Waals surface area contributed by atoms with Crippen molar-refractivity contribution in [2.45, 2.75) is 32.1 Å². The molecule has 0 unspecified atom stereocenters. The Kier molecular flexibility index (Phi) is 6.43. The molecule has 1 aliphatic carbocycles. The predicted molar refractivity (Wildman–Crippen MR) is 122 cm³/mol. The lowest BCUT2D eigenvalue weighted by Crippen LogP contribution is -2.34. The van der Waals surface area contributed by atoms with Crippen LogP contribution >= 0.6 is 22.9 Å². The maximum atomic E-state index is 13.0. The van der Waals surface area contributed by atoms with Crippen molar-refractivity contribution in [3.8, 4) is 5.75 Å². The molecule has 4 rings (SSSR count). The highest BCUT2D eigenvalue weighted by atomic mass is 35.5. The first-order valence-corrected chi connectivity index (χ1v) is 11.3. The van der Waals surface area contributed by atoms with Crippen LogP contribution in [0, 0.1) is 5.41 Å². The Morgan fingerprint density at radius 3 is 2.71 bits per heavy atom. The van der Waals surface area contributed by atoms with Gasteiger partial charge in [-0.05, 0) is 43.2 Å². The van der Waals surface area contributed by atoms with Gasteiger partial charge in [0, 0.05) is 11.4 Å². The Balaban J connectivity index is 1.42. The van der Waals surface area contributed by atoms with Crippen LogP contribution in [-0.2, 0) is 20.7 Å². The number of methoxy groups -OCH3 is 1. The number of para-hydroxylation sites is 1. The summed E-state index contributed by atoms with van der Waals surface area (Å²) in [5, 5.41) is 4.08. The van der Waals surface area contributed by atoms with Gasteiger partial charge in [0.1, 0.15) is 5.75 Å². The Hall–Kier alpha value is -2.64. The molecule has 0 saturated heterocycles. The highest BCUT2D eigenvalue weighted by Crippen LogP contribution is 2.43. The molecule has 0 radical (unpaired) electrons. The molecule has 1 N–H and O–H groups in total. The number of thiazole rings is 1. The lowest BCUT2D eigenvalue weighted by molar-refractivity contribution is -0.158. The first-order valence-electron chi connectivity index (χ1n) is 10.1. The zero-order chi connectivity index (χ0) is 21.8. The SMILES string of the molecule is COc1ccc(Cl)cc1NC(=O)COC(=O)C1(Cc2nc3ccccc3s2)CCCC1. The molecular formula is C23H23ClN2O4S. The first kappa shape index (κ1) is 21.6. The van der Waals surface area contributed by atoms with Crippen LogP contribution in [0.1, 0.15) is 30.7 Å². The molecule has 1 aromatic heterocycles. The molecule has 3 aromatic rings. The van der Waals surface area contributed by atoms with E-state index in [9.17, 15) is 9.59 Å². The Bertz CT molecular complexity index is 1070. The van der Waals surface area contributed by atoms with Crippen LogP contribution in [0.25, 0.3) is 10.2 Å². The van der Waals surface area contributed by atoms with E-state index in [4.69, 9.17) is 21.1 Å². The summed E-state index contributed by atoms with van der Waals surface area (Å²) in [6.07, 6.45) is 3.95. The Morgan fingerprint density at radius 2 is 1.97 bits per heavy atom. The third-order valence-corrected chi connectivity index (χ3v) is 6.86. The predicted octanol–water partition coefficient (Wildman–Crippen LogP) is 5.24. The number of carbonyl (C=O) groups is 2. The fourth-order valence-corrected chi connectivity index (χ4v) is 5.32. The van der Waals surface area contributed by atoms with E-state index in [2.05, 4.69) is 10.3 Å². The number of nitrogens with zero attached hydrogens (tertiary/aromatic N) is 1. The third-order valence-electron chi connectivity index (χ3n) is 5.59. The minimum atomic E-state index is -0.623. The van der Waals surface area contributed by atoms with E-state index < -0.39 is 11.3 Å². The molecule has 162 valence electrons. The number of hydrogen-bond donors (Lipinski definition) is 1. The van der Waals surface area contributed by atoms with Gasteiger partial charge in [-0.3, -0.25) is 9.59 Å². The van der Waals surface area contributed by atoms with E-state index in [0.717, 1.165) is 40.9 Å². The summed E-state index contributed by atoms with van der Waals surface area (Å²) < 4.78 is 11.8. The molecule has 0 bridgehead atoms. The number of halogens is 1. The number of nitrogens with one attached hydrogen (secondary N) is 1. The molecule has 8 heteroatoms. The average molecular weight is 459 g/mol. The summed E-state index contributed by atoms with van der Waals surface area (Å²) in [5.74, 6) is -0.299. The highest BCUT2D eigenvalue weighted by molar-refractivity contribution is 7.18. The number of fused-ring (bicyclic) bond motifs is 1. The quantitative estimate of drug-likeness (QED) is 0.489. The van der Waals surface area contributed by atoms with Crippen LogP contribution < -0.4 is 10.1 Å². The summed E-state index contributed by atoms with van der Waals surface area (Å²) in [4.78, 5) is 30.1. The van der Waals surface area contributed by atoms with E-state index in [1.165, 1.54) is 7.11 Å². The minimum absolute atomic E-state index is 0.336. The fourth-order valence-electron chi connectivity index (χ4n) is 4.04. The van der Waals surface area contributed by atoms with Crippen molar-refractivity contribution < 1.29 is 19.1 Å². The van der Waals surface area contributed by atoms with Crippen LogP contribution in [0.2, 0.25) is 5.02 Å². The van der Waals surface area contributed by atoms with Gasteiger partial charge in [-0.2, -0.15) is 0 Å². The number of esters is 1. The van der Waals surface area contributed by atoms with Crippen molar-refractivity contribution in [2.24, 2.45) is 5.41 Å². The molecule has 31 heavy (non-hydrogen) atoms. The maximum absolute atomic E-state index is 13.0. The fraction of sp³-hybridized carbons (Fsp3) is 0.348. The molecule has 1 heterocycles. The second kappa shape index (κ2) is 9.24. The van der Waals surface area contributed by atoms with Crippen molar-refractivity contribution in [1.29, 1.82) is 0 Å². The molecular weight excluding hydrogens is 436 g/mol. The average Bonchev–Trinajstić information content (AvgIpc) is 3.39. The zero-order valence-electron chi connectivity index (χ0n) is 17.2. The minimum Gasteiger partial charge on any atom is -0.495 e. The van der Waals surface area contributed by atoms with Crippen LogP contribution in [-0.4, -0.2) is 30.6 Å². The smallest absolute Gasteiger partial charge is 0.313 e. The number of carbonyl (C=O) groups excluding carboxylic acids is 2. The molecule has 0 spiro atoms. The number of benzene rings is 2. The van der Waals surface area contributed by atoms with Gasteiger partial charge in [0.05, 0.1) is 33.4 Å². The van der Waals surface area contributed by atoms with E-state index in [-0.39, 0.29) is 12.6 Å². The number of anilines is 1.